The van der Waals surface area contributed by atoms with Crippen LogP contribution in [0.25, 0.3) is 11.5 Å². The SMILES string of the molecule is O=C1NC[C@H]2CN(Cc3ccc(-c4ncc(C(F)(F)F)cc4Cl)o3)C[C@@H]12. The van der Waals surface area contributed by atoms with Gasteiger partial charge in [-0.05, 0) is 18.2 Å². The summed E-state index contributed by atoms with van der Waals surface area (Å²) < 4.78 is 43.8. The molecule has 26 heavy (non-hydrogen) atoms. The molecule has 2 atom stereocenters. The van der Waals surface area contributed by atoms with Gasteiger partial charge in [-0.15, -0.1) is 0 Å². The molecule has 2 aliphatic heterocycles. The Morgan fingerprint density at radius 1 is 1.35 bits per heavy atom. The van der Waals surface area contributed by atoms with Gasteiger partial charge in [-0.25, -0.2) is 0 Å². The fourth-order valence-electron chi connectivity index (χ4n) is 3.54. The molecular weight excluding hydrogens is 371 g/mol. The van der Waals surface area contributed by atoms with Crippen LogP contribution in [0.15, 0.2) is 28.8 Å². The zero-order chi connectivity index (χ0) is 18.5. The summed E-state index contributed by atoms with van der Waals surface area (Å²) in [5.74, 6) is 1.41. The zero-order valence-electron chi connectivity index (χ0n) is 13.5. The fraction of sp³-hybridized carbons (Fsp3) is 0.412. The number of furan rings is 1. The lowest BCUT2D eigenvalue weighted by Gasteiger charge is -2.14. The molecule has 2 aromatic heterocycles. The number of carbonyl (C=O) groups is 1. The Labute approximate surface area is 152 Å². The second kappa shape index (κ2) is 6.28. The molecule has 0 radical (unpaired) electrons. The van der Waals surface area contributed by atoms with Gasteiger partial charge in [0.2, 0.25) is 5.91 Å². The molecule has 4 heterocycles. The van der Waals surface area contributed by atoms with E-state index in [1.54, 1.807) is 12.1 Å². The number of hydrogen-bond donors (Lipinski definition) is 1. The molecule has 9 heteroatoms. The topological polar surface area (TPSA) is 58.4 Å². The minimum atomic E-state index is -4.50. The van der Waals surface area contributed by atoms with Crippen molar-refractivity contribution in [3.05, 3.63) is 40.7 Å². The molecule has 0 aromatic carbocycles. The first-order valence-electron chi connectivity index (χ1n) is 8.13. The summed E-state index contributed by atoms with van der Waals surface area (Å²) in [5, 5.41) is 2.74. The molecule has 2 aromatic rings. The van der Waals surface area contributed by atoms with E-state index in [4.69, 9.17) is 16.0 Å². The number of amides is 1. The molecule has 2 fully saturated rings. The summed E-state index contributed by atoms with van der Waals surface area (Å²) in [5.41, 5.74) is -0.733. The molecule has 0 unspecified atom stereocenters. The number of likely N-dealkylation sites (tertiary alicyclic amines) is 1. The van der Waals surface area contributed by atoms with Crippen molar-refractivity contribution >= 4 is 17.5 Å². The van der Waals surface area contributed by atoms with E-state index in [1.165, 1.54) is 0 Å². The van der Waals surface area contributed by atoms with Crippen molar-refractivity contribution in [1.82, 2.24) is 15.2 Å². The molecule has 0 bridgehead atoms. The average molecular weight is 386 g/mol. The Morgan fingerprint density at radius 2 is 2.15 bits per heavy atom. The standard InChI is InChI=1S/C17H15ClF3N3O2/c18-13-3-10(17(19,20)21)5-22-15(13)14-2-1-11(26-14)7-24-6-9-4-23-16(25)12(9)8-24/h1-3,5,9,12H,4,6-8H2,(H,23,25)/t9-,12+/m0/s1. The lowest BCUT2D eigenvalue weighted by Crippen LogP contribution is -2.28. The van der Waals surface area contributed by atoms with Gasteiger partial charge in [0.15, 0.2) is 5.76 Å². The van der Waals surface area contributed by atoms with E-state index in [-0.39, 0.29) is 22.5 Å². The van der Waals surface area contributed by atoms with Crippen LogP contribution >= 0.6 is 11.6 Å². The smallest absolute Gasteiger partial charge is 0.417 e. The first-order chi connectivity index (χ1) is 12.3. The highest BCUT2D eigenvalue weighted by Crippen LogP contribution is 2.35. The third kappa shape index (κ3) is 3.19. The first-order valence-corrected chi connectivity index (χ1v) is 8.51. The number of aromatic nitrogens is 1. The number of halogens is 4. The van der Waals surface area contributed by atoms with Crippen LogP contribution in [0, 0.1) is 11.8 Å². The van der Waals surface area contributed by atoms with Gasteiger partial charge in [-0.1, -0.05) is 11.6 Å². The van der Waals surface area contributed by atoms with Crippen molar-refractivity contribution in [3.63, 3.8) is 0 Å². The highest BCUT2D eigenvalue weighted by molar-refractivity contribution is 6.33. The van der Waals surface area contributed by atoms with E-state index >= 15 is 0 Å². The van der Waals surface area contributed by atoms with Crippen LogP contribution in [0.2, 0.25) is 5.02 Å². The Balaban J connectivity index is 1.48. The van der Waals surface area contributed by atoms with Crippen molar-refractivity contribution in [2.45, 2.75) is 12.7 Å². The lowest BCUT2D eigenvalue weighted by atomic mass is 10.0. The molecule has 5 nitrogen and oxygen atoms in total. The second-order valence-electron chi connectivity index (χ2n) is 6.62. The van der Waals surface area contributed by atoms with Crippen LogP contribution in [0.3, 0.4) is 0 Å². The van der Waals surface area contributed by atoms with Crippen LogP contribution in [-0.2, 0) is 17.5 Å². The van der Waals surface area contributed by atoms with E-state index in [0.29, 0.717) is 37.1 Å². The summed E-state index contributed by atoms with van der Waals surface area (Å²) in [6.07, 6.45) is -3.76. The number of rotatable bonds is 3. The van der Waals surface area contributed by atoms with E-state index in [2.05, 4.69) is 15.2 Å². The van der Waals surface area contributed by atoms with E-state index < -0.39 is 11.7 Å². The Morgan fingerprint density at radius 3 is 2.85 bits per heavy atom. The molecule has 1 amide bonds. The number of nitrogens with one attached hydrogen (secondary N) is 1. The van der Waals surface area contributed by atoms with E-state index in [9.17, 15) is 18.0 Å². The summed E-state index contributed by atoms with van der Waals surface area (Å²) in [6.45, 7) is 2.71. The highest BCUT2D eigenvalue weighted by atomic mass is 35.5. The average Bonchev–Trinajstić information content (AvgIpc) is 3.26. The number of alkyl halides is 3. The summed E-state index contributed by atoms with van der Waals surface area (Å²) in [4.78, 5) is 17.7. The van der Waals surface area contributed by atoms with Crippen molar-refractivity contribution < 1.29 is 22.4 Å². The van der Waals surface area contributed by atoms with Crippen LogP contribution in [0.5, 0.6) is 0 Å². The van der Waals surface area contributed by atoms with Gasteiger partial charge in [0.1, 0.15) is 11.5 Å². The molecule has 1 N–H and O–H groups in total. The molecule has 0 saturated carbocycles. The van der Waals surface area contributed by atoms with Crippen molar-refractivity contribution in [3.8, 4) is 11.5 Å². The Bertz CT molecular complexity index is 852. The lowest BCUT2D eigenvalue weighted by molar-refractivity contribution is -0.137. The van der Waals surface area contributed by atoms with Gasteiger partial charge in [0, 0.05) is 31.7 Å². The normalized spacial score (nSPS) is 23.3. The fourth-order valence-corrected chi connectivity index (χ4v) is 3.80. The van der Waals surface area contributed by atoms with Crippen LogP contribution in [0.1, 0.15) is 11.3 Å². The third-order valence-electron chi connectivity index (χ3n) is 4.83. The number of carbonyl (C=O) groups excluding carboxylic acids is 1. The Hall–Kier alpha value is -2.06. The maximum absolute atomic E-state index is 12.7. The van der Waals surface area contributed by atoms with Crippen molar-refractivity contribution in [2.75, 3.05) is 19.6 Å². The van der Waals surface area contributed by atoms with Gasteiger partial charge in [0.05, 0.1) is 23.0 Å². The predicted molar refractivity (Wildman–Crippen MR) is 87.2 cm³/mol. The van der Waals surface area contributed by atoms with Gasteiger partial charge in [0.25, 0.3) is 0 Å². The quantitative estimate of drug-likeness (QED) is 0.881. The van der Waals surface area contributed by atoms with Gasteiger partial charge in [-0.3, -0.25) is 14.7 Å². The summed E-state index contributed by atoms with van der Waals surface area (Å²) in [7, 11) is 0. The first kappa shape index (κ1) is 17.4. The van der Waals surface area contributed by atoms with Gasteiger partial charge in [-0.2, -0.15) is 13.2 Å². The third-order valence-corrected chi connectivity index (χ3v) is 5.12. The summed E-state index contributed by atoms with van der Waals surface area (Å²) >= 11 is 5.95. The highest BCUT2D eigenvalue weighted by Gasteiger charge is 2.42. The monoisotopic (exact) mass is 385 g/mol. The van der Waals surface area contributed by atoms with E-state index in [0.717, 1.165) is 18.8 Å². The molecule has 2 saturated heterocycles. The molecule has 0 spiro atoms. The van der Waals surface area contributed by atoms with Crippen LogP contribution in [0.4, 0.5) is 13.2 Å². The van der Waals surface area contributed by atoms with Crippen molar-refractivity contribution in [1.29, 1.82) is 0 Å². The number of fused-ring (bicyclic) bond motifs is 1. The number of hydrogen-bond acceptors (Lipinski definition) is 4. The molecule has 0 aliphatic carbocycles. The minimum Gasteiger partial charge on any atom is -0.458 e. The van der Waals surface area contributed by atoms with E-state index in [1.807, 2.05) is 0 Å². The maximum Gasteiger partial charge on any atom is 0.417 e. The summed E-state index contributed by atoms with van der Waals surface area (Å²) in [6, 6.07) is 4.23. The Kier molecular flexibility index (Phi) is 4.19. The van der Waals surface area contributed by atoms with Gasteiger partial charge < -0.3 is 9.73 Å². The van der Waals surface area contributed by atoms with Gasteiger partial charge >= 0.3 is 6.18 Å². The minimum absolute atomic E-state index is 0.0236. The molecule has 2 aliphatic rings. The number of nitrogens with zero attached hydrogens (tertiary/aromatic N) is 2. The number of pyridine rings is 1. The molecule has 4 rings (SSSR count). The predicted octanol–water partition coefficient (Wildman–Crippen LogP) is 3.19. The van der Waals surface area contributed by atoms with Crippen LogP contribution in [-0.4, -0.2) is 35.4 Å². The molecular formula is C17H15ClF3N3O2. The zero-order valence-corrected chi connectivity index (χ0v) is 14.3. The van der Waals surface area contributed by atoms with Crippen molar-refractivity contribution in [2.24, 2.45) is 11.8 Å². The molecule has 138 valence electrons. The second-order valence-corrected chi connectivity index (χ2v) is 7.03. The largest absolute Gasteiger partial charge is 0.458 e. The maximum atomic E-state index is 12.7. The van der Waals surface area contributed by atoms with Crippen LogP contribution < -0.4 is 5.32 Å².